The van der Waals surface area contributed by atoms with E-state index in [1.54, 1.807) is 13.0 Å². The Balaban J connectivity index is 1.53. The number of hydrogen-bond acceptors (Lipinski definition) is 12. The molecule has 5 aliphatic rings. The van der Waals surface area contributed by atoms with Crippen molar-refractivity contribution >= 4 is 16.6 Å². The van der Waals surface area contributed by atoms with Gasteiger partial charge in [-0.25, -0.2) is 0 Å². The number of aliphatic hydroxyl groups excluding tert-OH is 2. The first-order valence-electron chi connectivity index (χ1n) is 11.9. The van der Waals surface area contributed by atoms with Crippen LogP contribution in [0.5, 0.6) is 17.2 Å². The maximum atomic E-state index is 13.0. The fraction of sp³-hybridized carbons (Fsp3) is 0.560. The van der Waals surface area contributed by atoms with Crippen molar-refractivity contribution in [1.82, 2.24) is 0 Å². The third-order valence-electron chi connectivity index (χ3n) is 8.41. The summed E-state index contributed by atoms with van der Waals surface area (Å²) >= 11 is 0. The fourth-order valence-electron chi connectivity index (χ4n) is 6.76. The first-order chi connectivity index (χ1) is 17.6. The monoisotopic (exact) mass is 518 g/mol. The molecule has 0 aromatic heterocycles. The van der Waals surface area contributed by atoms with Crippen molar-refractivity contribution < 1.29 is 58.4 Å². The number of aliphatic hydroxyl groups is 3. The Morgan fingerprint density at radius 3 is 2.43 bits per heavy atom. The van der Waals surface area contributed by atoms with Crippen LogP contribution in [0.1, 0.15) is 45.7 Å². The highest BCUT2D eigenvalue weighted by Crippen LogP contribution is 2.71. The second kappa shape index (κ2) is 7.10. The van der Waals surface area contributed by atoms with E-state index in [0.29, 0.717) is 16.5 Å². The highest BCUT2D eigenvalue weighted by atomic mass is 16.9. The lowest BCUT2D eigenvalue weighted by atomic mass is 9.78. The topological polar surface area (TPSA) is 166 Å². The molecule has 0 saturated carbocycles. The molecule has 4 aliphatic heterocycles. The second-order valence-electron chi connectivity index (χ2n) is 10.1. The molecule has 2 aromatic rings. The number of carbonyl (C=O) groups excluding carboxylic acids is 1. The van der Waals surface area contributed by atoms with Crippen molar-refractivity contribution in [3.8, 4) is 17.2 Å². The number of benzene rings is 2. The summed E-state index contributed by atoms with van der Waals surface area (Å²) in [5, 5.41) is 44.8. The van der Waals surface area contributed by atoms with Crippen LogP contribution >= 0.6 is 0 Å². The summed E-state index contributed by atoms with van der Waals surface area (Å²) in [6.07, 6.45) is -5.92. The fourth-order valence-corrected chi connectivity index (χ4v) is 6.76. The molecule has 12 nitrogen and oxygen atoms in total. The lowest BCUT2D eigenvalue weighted by molar-refractivity contribution is -0.344. The summed E-state index contributed by atoms with van der Waals surface area (Å²) in [4.78, 5) is 13.0. The van der Waals surface area contributed by atoms with Gasteiger partial charge in [0, 0.05) is 37.2 Å². The quantitative estimate of drug-likeness (QED) is 0.327. The number of aryl methyl sites for hydroxylation is 1. The minimum atomic E-state index is -2.06. The van der Waals surface area contributed by atoms with Crippen LogP contribution in [0.25, 0.3) is 10.8 Å². The molecule has 1 aliphatic carbocycles. The Hall–Kier alpha value is -2.55. The molecule has 7 unspecified atom stereocenters. The molecule has 2 bridgehead atoms. The van der Waals surface area contributed by atoms with Crippen LogP contribution in [0.15, 0.2) is 6.07 Å². The van der Waals surface area contributed by atoms with Crippen molar-refractivity contribution in [2.45, 2.75) is 61.2 Å². The molecule has 7 rings (SSSR count). The summed E-state index contributed by atoms with van der Waals surface area (Å²) in [7, 11) is 4.21. The van der Waals surface area contributed by atoms with E-state index in [0.717, 1.165) is 0 Å². The number of phenols is 1. The summed E-state index contributed by atoms with van der Waals surface area (Å²) in [6, 6.07) is 1.72. The molecule has 4 heterocycles. The zero-order valence-corrected chi connectivity index (χ0v) is 20.4. The number of methoxy groups -OCH3 is 3. The zero-order valence-electron chi connectivity index (χ0n) is 20.4. The van der Waals surface area contributed by atoms with Gasteiger partial charge in [-0.1, -0.05) is 0 Å². The van der Waals surface area contributed by atoms with Crippen LogP contribution in [-0.4, -0.2) is 89.8 Å². The minimum Gasteiger partial charge on any atom is -0.506 e. The highest BCUT2D eigenvalue weighted by Gasteiger charge is 2.92. The third kappa shape index (κ3) is 2.40. The van der Waals surface area contributed by atoms with E-state index in [9.17, 15) is 25.2 Å². The van der Waals surface area contributed by atoms with Crippen LogP contribution < -0.4 is 9.47 Å². The van der Waals surface area contributed by atoms with Gasteiger partial charge in [-0.3, -0.25) is 4.79 Å². The number of rotatable bonds is 4. The average Bonchev–Trinajstić information content (AvgIpc) is 3.54. The third-order valence-corrected chi connectivity index (χ3v) is 8.41. The van der Waals surface area contributed by atoms with E-state index in [2.05, 4.69) is 0 Å². The van der Waals surface area contributed by atoms with Gasteiger partial charge in [0.2, 0.25) is 11.9 Å². The van der Waals surface area contributed by atoms with E-state index in [-0.39, 0.29) is 41.0 Å². The molecule has 0 radical (unpaired) electrons. The van der Waals surface area contributed by atoms with E-state index in [1.807, 2.05) is 0 Å². The molecule has 7 atom stereocenters. The normalized spacial score (nSPS) is 38.8. The highest BCUT2D eigenvalue weighted by molar-refractivity contribution is 6.13. The predicted octanol–water partition coefficient (Wildman–Crippen LogP) is 0.478. The molecule has 12 heteroatoms. The molecule has 0 amide bonds. The first kappa shape index (κ1) is 23.6. The number of epoxide rings is 1. The Bertz CT molecular complexity index is 1380. The molecule has 198 valence electrons. The number of phenolic OH excluding ortho intramolecular Hbond substituents is 1. The van der Waals surface area contributed by atoms with Crippen LogP contribution in [0.3, 0.4) is 0 Å². The van der Waals surface area contributed by atoms with Gasteiger partial charge >= 0.3 is 0 Å². The van der Waals surface area contributed by atoms with E-state index < -0.39 is 59.4 Å². The molecule has 37 heavy (non-hydrogen) atoms. The molecule has 3 fully saturated rings. The van der Waals surface area contributed by atoms with Crippen molar-refractivity contribution in [3.05, 3.63) is 28.3 Å². The maximum Gasteiger partial charge on any atom is 0.274 e. The number of ether oxygens (including phenoxy) is 7. The van der Waals surface area contributed by atoms with Crippen LogP contribution in [-0.2, 0) is 23.7 Å². The summed E-state index contributed by atoms with van der Waals surface area (Å²) in [5.41, 5.74) is -0.522. The van der Waals surface area contributed by atoms with Gasteiger partial charge in [0.15, 0.2) is 11.9 Å². The molecular formula is C25H26O12. The SMILES string of the molecule is COc1c2c(c(O)c3c4c(c(C)cc13)C1OC3(C(OC)OC)OC1C(O)(O4)C31CO1)C(=O)C(O)CC2O. The number of carbonyl (C=O) groups is 1. The summed E-state index contributed by atoms with van der Waals surface area (Å²) < 4.78 is 41.2. The number of hydrogen-bond donors (Lipinski definition) is 4. The van der Waals surface area contributed by atoms with Gasteiger partial charge in [-0.2, -0.15) is 0 Å². The van der Waals surface area contributed by atoms with Gasteiger partial charge < -0.3 is 53.6 Å². The van der Waals surface area contributed by atoms with Crippen LogP contribution in [0, 0.1) is 6.92 Å². The average molecular weight is 518 g/mol. The number of aromatic hydroxyl groups is 1. The summed E-state index contributed by atoms with van der Waals surface area (Å²) in [6.45, 7) is 1.82. The maximum absolute atomic E-state index is 13.0. The Morgan fingerprint density at radius 1 is 1.11 bits per heavy atom. The van der Waals surface area contributed by atoms with Gasteiger partial charge in [0.05, 0.1) is 30.8 Å². The molecule has 4 N–H and O–H groups in total. The number of Topliss-reactive ketones (excluding diaryl/α,β-unsaturated/α-hetero) is 1. The smallest absolute Gasteiger partial charge is 0.274 e. The lowest BCUT2D eigenvalue weighted by Crippen LogP contribution is -2.69. The van der Waals surface area contributed by atoms with Gasteiger partial charge in [0.25, 0.3) is 11.6 Å². The van der Waals surface area contributed by atoms with Gasteiger partial charge in [-0.05, 0) is 18.6 Å². The largest absolute Gasteiger partial charge is 0.506 e. The van der Waals surface area contributed by atoms with Crippen molar-refractivity contribution in [3.63, 3.8) is 0 Å². The zero-order chi connectivity index (χ0) is 26.2. The van der Waals surface area contributed by atoms with Crippen molar-refractivity contribution in [2.75, 3.05) is 27.9 Å². The van der Waals surface area contributed by atoms with E-state index >= 15 is 0 Å². The van der Waals surface area contributed by atoms with Gasteiger partial charge in [-0.15, -0.1) is 0 Å². The van der Waals surface area contributed by atoms with E-state index in [1.165, 1.54) is 21.3 Å². The Labute approximate surface area is 210 Å². The minimum absolute atomic E-state index is 0.0244. The molecular weight excluding hydrogens is 492 g/mol. The molecule has 1 spiro atoms. The predicted molar refractivity (Wildman–Crippen MR) is 120 cm³/mol. The van der Waals surface area contributed by atoms with Crippen LogP contribution in [0.4, 0.5) is 0 Å². The molecule has 3 saturated heterocycles. The lowest BCUT2D eigenvalue weighted by Gasteiger charge is -2.47. The van der Waals surface area contributed by atoms with E-state index in [4.69, 9.17) is 33.2 Å². The number of ketones is 1. The summed E-state index contributed by atoms with van der Waals surface area (Å²) in [5.74, 6) is -4.74. The Kier molecular flexibility index (Phi) is 4.52. The van der Waals surface area contributed by atoms with Gasteiger partial charge in [0.1, 0.15) is 29.5 Å². The second-order valence-corrected chi connectivity index (χ2v) is 10.1. The van der Waals surface area contributed by atoms with Crippen molar-refractivity contribution in [2.24, 2.45) is 0 Å². The van der Waals surface area contributed by atoms with Crippen molar-refractivity contribution in [1.29, 1.82) is 0 Å². The van der Waals surface area contributed by atoms with Crippen LogP contribution in [0.2, 0.25) is 0 Å². The Morgan fingerprint density at radius 2 is 1.81 bits per heavy atom. The molecule has 2 aromatic carbocycles. The number of fused-ring (bicyclic) bond motifs is 8. The first-order valence-corrected chi connectivity index (χ1v) is 11.9. The standard InChI is InChI=1S/C25H26O12/c1-8-5-9-13(17(29)15-14(18(9)31-2)10(26)6-11(27)16(15)28)19-12(8)20-21-24(30,35-19)23(7-34-23)25(36-20,37-21)22(32-3)33-4/h5,10-11,20-22,26-27,29-30H,6-7H2,1-4H3.